The zero-order valence-corrected chi connectivity index (χ0v) is 19.2. The molecule has 0 bridgehead atoms. The van der Waals surface area contributed by atoms with Crippen LogP contribution in [-0.4, -0.2) is 37.0 Å². The highest BCUT2D eigenvalue weighted by atomic mass is 79.9. The molecular formula is C26H24BrN3O2. The molecule has 1 aromatic heterocycles. The second-order valence-corrected chi connectivity index (χ2v) is 8.89. The average Bonchev–Trinajstić information content (AvgIpc) is 3.26. The van der Waals surface area contributed by atoms with Crippen molar-refractivity contribution in [3.63, 3.8) is 0 Å². The van der Waals surface area contributed by atoms with Crippen LogP contribution < -0.4 is 10.6 Å². The van der Waals surface area contributed by atoms with Gasteiger partial charge in [-0.2, -0.15) is 0 Å². The number of rotatable bonds is 5. The van der Waals surface area contributed by atoms with Gasteiger partial charge in [0.15, 0.2) is 0 Å². The lowest BCUT2D eigenvalue weighted by Gasteiger charge is -2.27. The van der Waals surface area contributed by atoms with Gasteiger partial charge in [0.05, 0.1) is 5.69 Å². The van der Waals surface area contributed by atoms with Crippen LogP contribution in [0.4, 0.5) is 5.69 Å². The molecule has 2 N–H and O–H groups in total. The Kier molecular flexibility index (Phi) is 6.08. The van der Waals surface area contributed by atoms with E-state index in [1.54, 1.807) is 12.1 Å². The van der Waals surface area contributed by atoms with E-state index in [2.05, 4.69) is 43.6 Å². The molecule has 0 aliphatic carbocycles. The number of nitrogens with one attached hydrogen (secondary N) is 2. The van der Waals surface area contributed by atoms with Crippen LogP contribution in [0, 0.1) is 0 Å². The first-order valence-corrected chi connectivity index (χ1v) is 11.6. The topological polar surface area (TPSA) is 57.5 Å². The number of hydrogen-bond acceptors (Lipinski definition) is 4. The van der Waals surface area contributed by atoms with Crippen LogP contribution in [-0.2, 0) is 6.54 Å². The zero-order chi connectivity index (χ0) is 21.9. The first-order valence-electron chi connectivity index (χ1n) is 10.8. The van der Waals surface area contributed by atoms with Crippen molar-refractivity contribution in [3.8, 4) is 11.3 Å². The van der Waals surface area contributed by atoms with E-state index in [1.807, 2.05) is 48.5 Å². The summed E-state index contributed by atoms with van der Waals surface area (Å²) in [4.78, 5) is 15.3. The van der Waals surface area contributed by atoms with E-state index >= 15 is 0 Å². The summed E-state index contributed by atoms with van der Waals surface area (Å²) in [6.45, 7) is 5.05. The number of piperazine rings is 1. The van der Waals surface area contributed by atoms with Gasteiger partial charge in [-0.3, -0.25) is 9.69 Å². The van der Waals surface area contributed by atoms with Gasteiger partial charge in [0.2, 0.25) is 0 Å². The van der Waals surface area contributed by atoms with Crippen LogP contribution in [0.1, 0.15) is 15.9 Å². The summed E-state index contributed by atoms with van der Waals surface area (Å²) in [5.74, 6) is 0.597. The molecule has 3 aromatic carbocycles. The Bertz CT molecular complexity index is 1240. The number of carbonyl (C=O) groups is 1. The van der Waals surface area contributed by atoms with Crippen molar-refractivity contribution < 1.29 is 9.21 Å². The Morgan fingerprint density at radius 3 is 2.59 bits per heavy atom. The van der Waals surface area contributed by atoms with Gasteiger partial charge in [-0.1, -0.05) is 40.2 Å². The smallest absolute Gasteiger partial charge is 0.255 e. The van der Waals surface area contributed by atoms with E-state index < -0.39 is 0 Å². The lowest BCUT2D eigenvalue weighted by Crippen LogP contribution is -2.42. The Labute approximate surface area is 195 Å². The summed E-state index contributed by atoms with van der Waals surface area (Å²) in [5, 5.41) is 7.56. The fourth-order valence-corrected chi connectivity index (χ4v) is 4.37. The maximum Gasteiger partial charge on any atom is 0.255 e. The quantitative estimate of drug-likeness (QED) is 0.387. The number of anilines is 1. The molecule has 2 heterocycles. The van der Waals surface area contributed by atoms with Gasteiger partial charge < -0.3 is 15.1 Å². The highest BCUT2D eigenvalue weighted by Crippen LogP contribution is 2.34. The number of para-hydroxylation sites is 1. The Morgan fingerprint density at radius 2 is 1.78 bits per heavy atom. The molecule has 0 unspecified atom stereocenters. The molecule has 4 aromatic rings. The van der Waals surface area contributed by atoms with Crippen LogP contribution in [0.3, 0.4) is 0 Å². The maximum absolute atomic E-state index is 12.8. The lowest BCUT2D eigenvalue weighted by molar-refractivity contribution is 0.102. The highest BCUT2D eigenvalue weighted by molar-refractivity contribution is 9.10. The minimum Gasteiger partial charge on any atom is -0.456 e. The number of benzene rings is 3. The molecule has 6 heteroatoms. The fraction of sp³-hybridized carbons (Fsp3) is 0.192. The third-order valence-corrected chi connectivity index (χ3v) is 6.33. The fourth-order valence-electron chi connectivity index (χ4n) is 4.10. The van der Waals surface area contributed by atoms with Gasteiger partial charge >= 0.3 is 0 Å². The molecule has 5 rings (SSSR count). The minimum absolute atomic E-state index is 0.152. The molecule has 1 fully saturated rings. The molecule has 162 valence electrons. The predicted molar refractivity (Wildman–Crippen MR) is 132 cm³/mol. The van der Waals surface area contributed by atoms with Crippen molar-refractivity contribution in [1.82, 2.24) is 10.2 Å². The molecule has 0 radical (unpaired) electrons. The largest absolute Gasteiger partial charge is 0.456 e. The van der Waals surface area contributed by atoms with E-state index in [0.717, 1.165) is 65.2 Å². The van der Waals surface area contributed by atoms with Crippen LogP contribution in [0.2, 0.25) is 0 Å². The first kappa shape index (κ1) is 20.9. The van der Waals surface area contributed by atoms with Crippen molar-refractivity contribution in [1.29, 1.82) is 0 Å². The van der Waals surface area contributed by atoms with Gasteiger partial charge in [0.25, 0.3) is 5.91 Å². The van der Waals surface area contributed by atoms with Gasteiger partial charge in [-0.05, 0) is 54.1 Å². The Hall–Kier alpha value is -2.93. The van der Waals surface area contributed by atoms with Crippen LogP contribution in [0.5, 0.6) is 0 Å². The molecule has 1 aliphatic heterocycles. The summed E-state index contributed by atoms with van der Waals surface area (Å²) in [7, 11) is 0. The van der Waals surface area contributed by atoms with Crippen molar-refractivity contribution in [2.45, 2.75) is 6.54 Å². The van der Waals surface area contributed by atoms with E-state index in [4.69, 9.17) is 4.42 Å². The second kappa shape index (κ2) is 9.28. The van der Waals surface area contributed by atoms with Crippen LogP contribution >= 0.6 is 15.9 Å². The summed E-state index contributed by atoms with van der Waals surface area (Å²) < 4.78 is 7.18. The summed E-state index contributed by atoms with van der Waals surface area (Å²) in [5.41, 5.74) is 4.31. The molecule has 5 nitrogen and oxygen atoms in total. The van der Waals surface area contributed by atoms with E-state index in [1.165, 1.54) is 5.56 Å². The van der Waals surface area contributed by atoms with E-state index in [0.29, 0.717) is 5.56 Å². The van der Waals surface area contributed by atoms with E-state index in [-0.39, 0.29) is 5.91 Å². The van der Waals surface area contributed by atoms with Gasteiger partial charge in [0.1, 0.15) is 11.3 Å². The van der Waals surface area contributed by atoms with Crippen molar-refractivity contribution in [2.24, 2.45) is 0 Å². The number of amides is 1. The van der Waals surface area contributed by atoms with Crippen molar-refractivity contribution >= 4 is 38.5 Å². The van der Waals surface area contributed by atoms with Crippen LogP contribution in [0.25, 0.3) is 22.3 Å². The maximum atomic E-state index is 12.8. The van der Waals surface area contributed by atoms with Gasteiger partial charge in [-0.15, -0.1) is 0 Å². The molecule has 1 saturated heterocycles. The van der Waals surface area contributed by atoms with Gasteiger partial charge in [-0.25, -0.2) is 0 Å². The summed E-state index contributed by atoms with van der Waals surface area (Å²) in [6.07, 6.45) is 0. The summed E-state index contributed by atoms with van der Waals surface area (Å²) >= 11 is 3.41. The summed E-state index contributed by atoms with van der Waals surface area (Å²) in [6, 6.07) is 23.4. The van der Waals surface area contributed by atoms with Crippen molar-refractivity contribution in [3.05, 3.63) is 88.4 Å². The molecule has 32 heavy (non-hydrogen) atoms. The minimum atomic E-state index is -0.152. The molecule has 1 amide bonds. The molecule has 1 aliphatic rings. The zero-order valence-electron chi connectivity index (χ0n) is 17.6. The first-order chi connectivity index (χ1) is 15.7. The van der Waals surface area contributed by atoms with Gasteiger partial charge in [0, 0.05) is 53.7 Å². The number of furan rings is 1. The second-order valence-electron chi connectivity index (χ2n) is 7.97. The third kappa shape index (κ3) is 4.48. The molecule has 0 atom stereocenters. The van der Waals surface area contributed by atoms with E-state index in [9.17, 15) is 4.79 Å². The average molecular weight is 490 g/mol. The monoisotopic (exact) mass is 489 g/mol. The number of fused-ring (bicyclic) bond motifs is 1. The number of nitrogens with zero attached hydrogens (tertiary/aromatic N) is 1. The normalized spacial score (nSPS) is 14.5. The number of hydrogen-bond donors (Lipinski definition) is 2. The number of carbonyl (C=O) groups excluding carboxylic acids is 1. The SMILES string of the molecule is O=C(Nc1ccccc1-c1cc2c(CN3CCNCC3)cccc2o1)c1ccc(Br)cc1. The third-order valence-electron chi connectivity index (χ3n) is 5.80. The van der Waals surface area contributed by atoms with Crippen molar-refractivity contribution in [2.75, 3.05) is 31.5 Å². The number of halogens is 1. The van der Waals surface area contributed by atoms with Crippen LogP contribution in [0.15, 0.2) is 81.7 Å². The predicted octanol–water partition coefficient (Wildman–Crippen LogP) is 5.52. The Morgan fingerprint density at radius 1 is 1.00 bits per heavy atom. The Balaban J connectivity index is 1.44. The molecule has 0 spiro atoms. The lowest BCUT2D eigenvalue weighted by atomic mass is 10.1. The molecular weight excluding hydrogens is 466 g/mol. The highest BCUT2D eigenvalue weighted by Gasteiger charge is 2.17. The molecule has 0 saturated carbocycles. The standard InChI is InChI=1S/C26H24BrN3O2/c27-20-10-8-18(9-11-20)26(31)29-23-6-2-1-5-21(23)25-16-22-19(4-3-7-24(22)32-25)17-30-14-12-28-13-15-30/h1-11,16,28H,12-15,17H2,(H,29,31).